The number of carbonyl (C=O) groups excluding carboxylic acids is 2. The first-order chi connectivity index (χ1) is 9.60. The van der Waals surface area contributed by atoms with Gasteiger partial charge in [0.25, 0.3) is 0 Å². The highest BCUT2D eigenvalue weighted by Gasteiger charge is 2.21. The lowest BCUT2D eigenvalue weighted by atomic mass is 9.97. The van der Waals surface area contributed by atoms with Crippen LogP contribution in [0.15, 0.2) is 23.0 Å². The van der Waals surface area contributed by atoms with Gasteiger partial charge in [-0.25, -0.2) is 9.59 Å². The van der Waals surface area contributed by atoms with E-state index in [4.69, 9.17) is 9.47 Å². The summed E-state index contributed by atoms with van der Waals surface area (Å²) < 4.78 is 9.75. The summed E-state index contributed by atoms with van der Waals surface area (Å²) in [6.45, 7) is 5.89. The number of hydrogen-bond donors (Lipinski definition) is 1. The van der Waals surface area contributed by atoms with E-state index in [1.54, 1.807) is 13.8 Å². The van der Waals surface area contributed by atoms with Crippen molar-refractivity contribution < 1.29 is 19.1 Å². The van der Waals surface area contributed by atoms with E-state index in [-0.39, 0.29) is 18.8 Å². The van der Waals surface area contributed by atoms with Gasteiger partial charge in [0, 0.05) is 11.9 Å². The predicted molar refractivity (Wildman–Crippen MR) is 75.7 cm³/mol. The van der Waals surface area contributed by atoms with Crippen LogP contribution >= 0.6 is 0 Å². The van der Waals surface area contributed by atoms with E-state index in [1.807, 2.05) is 0 Å². The molecule has 0 radical (unpaired) electrons. The summed E-state index contributed by atoms with van der Waals surface area (Å²) in [5, 5.41) is 3.07. The van der Waals surface area contributed by atoms with E-state index in [1.165, 1.54) is 18.2 Å². The normalized spacial score (nSPS) is 14.6. The Bertz CT molecular complexity index is 404. The van der Waals surface area contributed by atoms with Gasteiger partial charge in [-0.3, -0.25) is 0 Å². The van der Waals surface area contributed by atoms with Crippen LogP contribution in [0.4, 0.5) is 0 Å². The van der Waals surface area contributed by atoms with E-state index in [0.717, 1.165) is 25.0 Å². The second-order valence-corrected chi connectivity index (χ2v) is 4.61. The molecule has 0 aromatic carbocycles. The number of carbonyl (C=O) groups is 2. The molecule has 5 heteroatoms. The molecule has 0 bridgehead atoms. The maximum atomic E-state index is 11.8. The molecule has 1 aliphatic carbocycles. The standard InChI is InChI=1S/C15H23NO4/c1-4-19-14(17)12(15(18)20-5-2)10-16-13-9-7-6-8-11(13)3/h10,16H,4-9H2,1-3H3. The molecule has 1 N–H and O–H groups in total. The summed E-state index contributed by atoms with van der Waals surface area (Å²) >= 11 is 0. The first-order valence-electron chi connectivity index (χ1n) is 7.09. The Labute approximate surface area is 120 Å². The first kappa shape index (κ1) is 16.3. The van der Waals surface area contributed by atoms with Crippen molar-refractivity contribution in [2.75, 3.05) is 13.2 Å². The second-order valence-electron chi connectivity index (χ2n) is 4.61. The lowest BCUT2D eigenvalue weighted by molar-refractivity contribution is -0.146. The summed E-state index contributed by atoms with van der Waals surface area (Å²) in [4.78, 5) is 23.5. The smallest absolute Gasteiger partial charge is 0.347 e. The molecule has 5 nitrogen and oxygen atoms in total. The molecule has 0 atom stereocenters. The van der Waals surface area contributed by atoms with Crippen molar-refractivity contribution in [3.05, 3.63) is 23.0 Å². The number of esters is 2. The van der Waals surface area contributed by atoms with E-state index in [9.17, 15) is 9.59 Å². The summed E-state index contributed by atoms with van der Waals surface area (Å²) in [5.74, 6) is -1.32. The fourth-order valence-corrected chi connectivity index (χ4v) is 2.03. The van der Waals surface area contributed by atoms with Crippen molar-refractivity contribution in [2.45, 2.75) is 46.5 Å². The molecule has 0 aromatic rings. The largest absolute Gasteiger partial charge is 0.462 e. The third-order valence-electron chi connectivity index (χ3n) is 3.13. The predicted octanol–water partition coefficient (Wildman–Crippen LogP) is 2.43. The number of rotatable bonds is 6. The minimum absolute atomic E-state index is 0.0976. The van der Waals surface area contributed by atoms with E-state index in [2.05, 4.69) is 12.2 Å². The van der Waals surface area contributed by atoms with Gasteiger partial charge in [-0.05, 0) is 46.5 Å². The van der Waals surface area contributed by atoms with Crippen LogP contribution in [0, 0.1) is 0 Å². The second kappa shape index (κ2) is 8.40. The summed E-state index contributed by atoms with van der Waals surface area (Å²) in [6, 6.07) is 0. The molecule has 0 heterocycles. The number of ether oxygens (including phenoxy) is 2. The average Bonchev–Trinajstić information content (AvgIpc) is 2.41. The van der Waals surface area contributed by atoms with Gasteiger partial charge in [0.1, 0.15) is 0 Å². The minimum Gasteiger partial charge on any atom is -0.462 e. The van der Waals surface area contributed by atoms with Crippen LogP contribution < -0.4 is 5.32 Å². The number of allylic oxidation sites excluding steroid dienone is 2. The molecule has 1 aliphatic rings. The Morgan fingerprint density at radius 3 is 2.15 bits per heavy atom. The van der Waals surface area contributed by atoms with Gasteiger partial charge in [0.05, 0.1) is 13.2 Å². The van der Waals surface area contributed by atoms with Gasteiger partial charge in [-0.15, -0.1) is 0 Å². The van der Waals surface area contributed by atoms with E-state index in [0.29, 0.717) is 0 Å². The zero-order chi connectivity index (χ0) is 15.0. The fraction of sp³-hybridized carbons (Fsp3) is 0.600. The van der Waals surface area contributed by atoms with Gasteiger partial charge in [-0.2, -0.15) is 0 Å². The fourth-order valence-electron chi connectivity index (χ4n) is 2.03. The van der Waals surface area contributed by atoms with E-state index < -0.39 is 11.9 Å². The third-order valence-corrected chi connectivity index (χ3v) is 3.13. The zero-order valence-electron chi connectivity index (χ0n) is 12.5. The number of hydrogen-bond acceptors (Lipinski definition) is 5. The third kappa shape index (κ3) is 4.72. The topological polar surface area (TPSA) is 64.6 Å². The molecular weight excluding hydrogens is 258 g/mol. The van der Waals surface area contributed by atoms with Crippen LogP contribution in [-0.4, -0.2) is 25.2 Å². The monoisotopic (exact) mass is 281 g/mol. The van der Waals surface area contributed by atoms with Crippen molar-refractivity contribution >= 4 is 11.9 Å². The summed E-state index contributed by atoms with van der Waals surface area (Å²) in [6.07, 6.45) is 5.68. The molecule has 112 valence electrons. The maximum absolute atomic E-state index is 11.8. The SMILES string of the molecule is CCOC(=O)C(=CNC1=C(C)CCCC1)C(=O)OCC. The Balaban J connectivity index is 2.83. The van der Waals surface area contributed by atoms with E-state index >= 15 is 0 Å². The van der Waals surface area contributed by atoms with Gasteiger partial charge in [0.15, 0.2) is 5.57 Å². The molecule has 0 fully saturated rings. The van der Waals surface area contributed by atoms with Crippen LogP contribution in [0.3, 0.4) is 0 Å². The van der Waals surface area contributed by atoms with Crippen molar-refractivity contribution in [2.24, 2.45) is 0 Å². The molecule has 0 amide bonds. The van der Waals surface area contributed by atoms with Crippen LogP contribution in [0.1, 0.15) is 46.5 Å². The highest BCUT2D eigenvalue weighted by Crippen LogP contribution is 2.22. The minimum atomic E-state index is -0.660. The highest BCUT2D eigenvalue weighted by atomic mass is 16.6. The van der Waals surface area contributed by atoms with Gasteiger partial charge in [-0.1, -0.05) is 5.57 Å². The summed E-state index contributed by atoms with van der Waals surface area (Å²) in [5.41, 5.74) is 2.24. The molecule has 1 rings (SSSR count). The number of nitrogens with one attached hydrogen (secondary N) is 1. The van der Waals surface area contributed by atoms with Gasteiger partial charge >= 0.3 is 11.9 Å². The molecule has 0 saturated heterocycles. The van der Waals surface area contributed by atoms with Crippen molar-refractivity contribution in [1.29, 1.82) is 0 Å². The lowest BCUT2D eigenvalue weighted by Gasteiger charge is -2.18. The summed E-state index contributed by atoms with van der Waals surface area (Å²) in [7, 11) is 0. The molecule has 0 spiro atoms. The molecule has 0 saturated carbocycles. The van der Waals surface area contributed by atoms with Crippen molar-refractivity contribution in [3.8, 4) is 0 Å². The molecule has 0 aromatic heterocycles. The first-order valence-corrected chi connectivity index (χ1v) is 7.09. The van der Waals surface area contributed by atoms with Crippen LogP contribution in [0.5, 0.6) is 0 Å². The molecule has 20 heavy (non-hydrogen) atoms. The molecule has 0 aliphatic heterocycles. The Morgan fingerprint density at radius 1 is 1.10 bits per heavy atom. The molecular formula is C15H23NO4. The van der Waals surface area contributed by atoms with Gasteiger partial charge < -0.3 is 14.8 Å². The Kier molecular flexibility index (Phi) is 6.84. The lowest BCUT2D eigenvalue weighted by Crippen LogP contribution is -2.22. The highest BCUT2D eigenvalue weighted by molar-refractivity contribution is 6.13. The van der Waals surface area contributed by atoms with Crippen molar-refractivity contribution in [1.82, 2.24) is 5.32 Å². The van der Waals surface area contributed by atoms with Crippen molar-refractivity contribution in [3.63, 3.8) is 0 Å². The Hall–Kier alpha value is -1.78. The Morgan fingerprint density at radius 2 is 1.65 bits per heavy atom. The van der Waals surface area contributed by atoms with Crippen LogP contribution in [-0.2, 0) is 19.1 Å². The molecule has 0 unspecified atom stereocenters. The quantitative estimate of drug-likeness (QED) is 0.350. The van der Waals surface area contributed by atoms with Gasteiger partial charge in [0.2, 0.25) is 0 Å². The van der Waals surface area contributed by atoms with Crippen LogP contribution in [0.25, 0.3) is 0 Å². The zero-order valence-corrected chi connectivity index (χ0v) is 12.5. The van der Waals surface area contributed by atoms with Crippen LogP contribution in [0.2, 0.25) is 0 Å². The maximum Gasteiger partial charge on any atom is 0.347 e. The average molecular weight is 281 g/mol.